The van der Waals surface area contributed by atoms with Crippen LogP contribution in [-0.4, -0.2) is 30.6 Å². The third kappa shape index (κ3) is 4.10. The van der Waals surface area contributed by atoms with Crippen molar-refractivity contribution in [1.29, 1.82) is 0 Å². The van der Waals surface area contributed by atoms with Crippen LogP contribution in [-0.2, 0) is 7.05 Å². The molecule has 1 aromatic carbocycles. The summed E-state index contributed by atoms with van der Waals surface area (Å²) in [6, 6.07) is 5.69. The maximum atomic E-state index is 12.5. The van der Waals surface area contributed by atoms with E-state index in [1.54, 1.807) is 23.3 Å². The summed E-state index contributed by atoms with van der Waals surface area (Å²) < 4.78 is 2.50. The van der Waals surface area contributed by atoms with Crippen LogP contribution in [0.25, 0.3) is 22.4 Å². The summed E-state index contributed by atoms with van der Waals surface area (Å²) in [5.74, 6) is 0.0302. The molecule has 0 atom stereocenters. The molecule has 1 N–H and O–H groups in total. The zero-order chi connectivity index (χ0) is 21.3. The lowest BCUT2D eigenvalue weighted by Crippen LogP contribution is -2.15. The number of halogens is 2. The Morgan fingerprint density at radius 1 is 1.10 bits per heavy atom. The second kappa shape index (κ2) is 8.33. The van der Waals surface area contributed by atoms with E-state index >= 15 is 0 Å². The fourth-order valence-corrected chi connectivity index (χ4v) is 3.46. The van der Waals surface area contributed by atoms with Crippen molar-refractivity contribution in [2.75, 3.05) is 5.32 Å². The van der Waals surface area contributed by atoms with Gasteiger partial charge >= 0.3 is 0 Å². The van der Waals surface area contributed by atoms with E-state index in [9.17, 15) is 4.79 Å². The van der Waals surface area contributed by atoms with Gasteiger partial charge < -0.3 is 5.32 Å². The third-order valence-corrected chi connectivity index (χ3v) is 5.70. The van der Waals surface area contributed by atoms with Gasteiger partial charge in [-0.3, -0.25) is 19.4 Å². The number of nitrogens with one attached hydrogen (secondary N) is 1. The average Bonchev–Trinajstić information content (AvgIpc) is 3.17. The summed E-state index contributed by atoms with van der Waals surface area (Å²) in [7, 11) is 1.87. The molecule has 0 radical (unpaired) electrons. The molecule has 0 bridgehead atoms. The van der Waals surface area contributed by atoms with E-state index in [4.69, 9.17) is 11.6 Å². The Labute approximate surface area is 186 Å². The van der Waals surface area contributed by atoms with Crippen LogP contribution in [0.5, 0.6) is 0 Å². The van der Waals surface area contributed by atoms with E-state index in [1.165, 1.54) is 12.4 Å². The first-order valence-electron chi connectivity index (χ1n) is 8.95. The van der Waals surface area contributed by atoms with E-state index in [1.807, 2.05) is 38.4 Å². The maximum absolute atomic E-state index is 12.5. The molecular formula is C21H16BrClN6O. The van der Waals surface area contributed by atoms with E-state index in [-0.39, 0.29) is 5.91 Å². The molecular weight excluding hydrogens is 468 g/mol. The molecule has 0 spiro atoms. The van der Waals surface area contributed by atoms with E-state index in [2.05, 4.69) is 41.3 Å². The van der Waals surface area contributed by atoms with Crippen molar-refractivity contribution in [3.05, 3.63) is 76.0 Å². The van der Waals surface area contributed by atoms with Crippen LogP contribution in [0, 0.1) is 6.92 Å². The number of hydrogen-bond donors (Lipinski definition) is 1. The number of carbonyl (C=O) groups excluding carboxylic acids is 1. The van der Waals surface area contributed by atoms with Gasteiger partial charge in [-0.05, 0) is 46.1 Å². The lowest BCUT2D eigenvalue weighted by atomic mass is 10.0. The monoisotopic (exact) mass is 482 g/mol. The summed E-state index contributed by atoms with van der Waals surface area (Å²) >= 11 is 9.77. The van der Waals surface area contributed by atoms with Crippen molar-refractivity contribution in [3.8, 4) is 22.4 Å². The molecule has 3 heterocycles. The standard InChI is InChI=1S/C21H16BrClN6O/c1-12-16(7-24-8-17(12)22)21(30)28-20-10-25-19(9-26-20)15-5-13(3-4-18(15)23)14-6-27-29(2)11-14/h3-11H,1-2H3,(H,26,28,30). The molecule has 0 aliphatic carbocycles. The van der Waals surface area contributed by atoms with Gasteiger partial charge in [0.05, 0.1) is 34.9 Å². The first-order valence-corrected chi connectivity index (χ1v) is 10.1. The minimum absolute atomic E-state index is 0.306. The number of pyridine rings is 1. The summed E-state index contributed by atoms with van der Waals surface area (Å²) in [4.78, 5) is 25.3. The minimum atomic E-state index is -0.306. The summed E-state index contributed by atoms with van der Waals surface area (Å²) in [6.45, 7) is 1.84. The van der Waals surface area contributed by atoms with Gasteiger partial charge in [0.25, 0.3) is 5.91 Å². The second-order valence-corrected chi connectivity index (χ2v) is 7.89. The number of rotatable bonds is 4. The summed E-state index contributed by atoms with van der Waals surface area (Å²) in [5, 5.41) is 7.50. The number of nitrogens with zero attached hydrogens (tertiary/aromatic N) is 5. The third-order valence-electron chi connectivity index (χ3n) is 4.57. The summed E-state index contributed by atoms with van der Waals surface area (Å²) in [5.41, 5.74) is 4.55. The van der Waals surface area contributed by atoms with Crippen molar-refractivity contribution in [3.63, 3.8) is 0 Å². The fraction of sp³-hybridized carbons (Fsp3) is 0.0952. The molecule has 3 aromatic heterocycles. The molecule has 7 nitrogen and oxygen atoms in total. The molecule has 0 saturated heterocycles. The lowest BCUT2D eigenvalue weighted by Gasteiger charge is -2.09. The van der Waals surface area contributed by atoms with E-state index in [0.29, 0.717) is 22.1 Å². The van der Waals surface area contributed by atoms with Crippen LogP contribution in [0.3, 0.4) is 0 Å². The van der Waals surface area contributed by atoms with Crippen molar-refractivity contribution >= 4 is 39.3 Å². The number of benzene rings is 1. The van der Waals surface area contributed by atoms with Gasteiger partial charge in [0.1, 0.15) is 0 Å². The van der Waals surface area contributed by atoms with Crippen LogP contribution in [0.4, 0.5) is 5.82 Å². The Morgan fingerprint density at radius 3 is 2.63 bits per heavy atom. The first-order chi connectivity index (χ1) is 14.4. The first kappa shape index (κ1) is 20.2. The molecule has 0 saturated carbocycles. The molecule has 150 valence electrons. The number of amides is 1. The lowest BCUT2D eigenvalue weighted by molar-refractivity contribution is 0.102. The Bertz CT molecular complexity index is 1240. The van der Waals surface area contributed by atoms with Gasteiger partial charge in [-0.1, -0.05) is 17.7 Å². The zero-order valence-electron chi connectivity index (χ0n) is 16.1. The van der Waals surface area contributed by atoms with Crippen LogP contribution >= 0.6 is 27.5 Å². The number of hydrogen-bond acceptors (Lipinski definition) is 5. The van der Waals surface area contributed by atoms with Crippen LogP contribution < -0.4 is 5.32 Å². The smallest absolute Gasteiger partial charge is 0.258 e. The van der Waals surface area contributed by atoms with Gasteiger partial charge in [0.2, 0.25) is 0 Å². The van der Waals surface area contributed by atoms with Crippen LogP contribution in [0.15, 0.2) is 59.9 Å². The summed E-state index contributed by atoms with van der Waals surface area (Å²) in [6.07, 6.45) is 9.95. The number of carbonyl (C=O) groups is 1. The van der Waals surface area contributed by atoms with Crippen molar-refractivity contribution in [2.45, 2.75) is 6.92 Å². The highest BCUT2D eigenvalue weighted by molar-refractivity contribution is 9.10. The van der Waals surface area contributed by atoms with Crippen molar-refractivity contribution in [1.82, 2.24) is 24.7 Å². The molecule has 30 heavy (non-hydrogen) atoms. The quantitative estimate of drug-likeness (QED) is 0.445. The molecule has 0 aliphatic heterocycles. The van der Waals surface area contributed by atoms with Crippen LogP contribution in [0.2, 0.25) is 5.02 Å². The number of anilines is 1. The van der Waals surface area contributed by atoms with Gasteiger partial charge in [-0.25, -0.2) is 4.98 Å². The van der Waals surface area contributed by atoms with E-state index < -0.39 is 0 Å². The maximum Gasteiger partial charge on any atom is 0.258 e. The molecule has 4 aromatic rings. The highest BCUT2D eigenvalue weighted by atomic mass is 79.9. The predicted molar refractivity (Wildman–Crippen MR) is 119 cm³/mol. The topological polar surface area (TPSA) is 85.6 Å². The SMILES string of the molecule is Cc1c(Br)cncc1C(=O)Nc1cnc(-c2cc(-c3cnn(C)c3)ccc2Cl)cn1. The van der Waals surface area contributed by atoms with Gasteiger partial charge in [0.15, 0.2) is 5.82 Å². The Kier molecular flexibility index (Phi) is 5.61. The van der Waals surface area contributed by atoms with Crippen LogP contribution in [0.1, 0.15) is 15.9 Å². The molecule has 0 unspecified atom stereocenters. The molecule has 0 aliphatic rings. The highest BCUT2D eigenvalue weighted by Crippen LogP contribution is 2.31. The molecule has 0 fully saturated rings. The minimum Gasteiger partial charge on any atom is -0.305 e. The predicted octanol–water partition coefficient (Wildman–Crippen LogP) is 4.92. The Morgan fingerprint density at radius 2 is 1.93 bits per heavy atom. The Hall–Kier alpha value is -3.10. The fourth-order valence-electron chi connectivity index (χ4n) is 2.92. The largest absolute Gasteiger partial charge is 0.305 e. The van der Waals surface area contributed by atoms with Gasteiger partial charge in [0, 0.05) is 41.2 Å². The van der Waals surface area contributed by atoms with Gasteiger partial charge in [-0.2, -0.15) is 5.10 Å². The second-order valence-electron chi connectivity index (χ2n) is 6.63. The van der Waals surface area contributed by atoms with E-state index in [0.717, 1.165) is 26.7 Å². The highest BCUT2D eigenvalue weighted by Gasteiger charge is 2.14. The number of aryl methyl sites for hydroxylation is 1. The normalized spacial score (nSPS) is 10.8. The average molecular weight is 484 g/mol. The van der Waals surface area contributed by atoms with Crippen molar-refractivity contribution < 1.29 is 4.79 Å². The molecule has 9 heteroatoms. The van der Waals surface area contributed by atoms with Gasteiger partial charge in [-0.15, -0.1) is 0 Å². The Balaban J connectivity index is 1.58. The zero-order valence-corrected chi connectivity index (χ0v) is 18.4. The molecule has 1 amide bonds. The number of aromatic nitrogens is 5. The molecule has 4 rings (SSSR count). The van der Waals surface area contributed by atoms with Crippen molar-refractivity contribution in [2.24, 2.45) is 7.05 Å².